The van der Waals surface area contributed by atoms with Crippen LogP contribution in [-0.2, 0) is 4.74 Å². The fourth-order valence-corrected chi connectivity index (χ4v) is 5.31. The van der Waals surface area contributed by atoms with Crippen LogP contribution in [-0.4, -0.2) is 56.0 Å². The van der Waals surface area contributed by atoms with Crippen LogP contribution in [0.15, 0.2) is 0 Å². The minimum absolute atomic E-state index is 0.0623. The van der Waals surface area contributed by atoms with Crippen LogP contribution >= 0.6 is 48.0 Å². The minimum atomic E-state index is -0.0623. The Morgan fingerprint density at radius 2 is 1.27 bits per heavy atom. The molecule has 22 heavy (non-hydrogen) atoms. The zero-order valence-corrected chi connectivity index (χ0v) is 17.7. The van der Waals surface area contributed by atoms with Gasteiger partial charge >= 0.3 is 0 Å². The molecule has 3 nitrogen and oxygen atoms in total. The molecule has 0 aliphatic rings. The highest BCUT2D eigenvalue weighted by molar-refractivity contribution is 8.36. The van der Waals surface area contributed by atoms with Gasteiger partial charge in [-0.05, 0) is 34.1 Å². The van der Waals surface area contributed by atoms with E-state index >= 15 is 0 Å². The van der Waals surface area contributed by atoms with E-state index in [0.717, 1.165) is 54.3 Å². The Labute approximate surface area is 155 Å². The fraction of sp³-hybridized carbons (Fsp3) is 0.867. The number of ether oxygens (including phenoxy) is 1. The maximum absolute atomic E-state index is 6.00. The summed E-state index contributed by atoms with van der Waals surface area (Å²) in [6.07, 6.45) is 2.19. The predicted octanol–water partition coefficient (Wildman–Crippen LogP) is 4.81. The molecule has 0 saturated heterocycles. The lowest BCUT2D eigenvalue weighted by Crippen LogP contribution is -2.31. The summed E-state index contributed by atoms with van der Waals surface area (Å²) in [4.78, 5) is 4.36. The second-order valence-electron chi connectivity index (χ2n) is 4.63. The first-order chi connectivity index (χ1) is 10.5. The van der Waals surface area contributed by atoms with Crippen LogP contribution in [0, 0.1) is 0 Å². The standard InChI is InChI=1S/C15H30N2OS4/c1-6-11-12-18-15(21-13(19)16(7-2)8-3)22-14(20)17(9-4)10-5/h15H,6-12H2,1-5H3. The molecular weight excluding hydrogens is 352 g/mol. The molecule has 0 amide bonds. The number of unbranched alkanes of at least 4 members (excludes halogenated alkanes) is 1. The highest BCUT2D eigenvalue weighted by Crippen LogP contribution is 2.30. The lowest BCUT2D eigenvalue weighted by molar-refractivity contribution is 0.160. The molecule has 0 spiro atoms. The Hall–Kier alpha value is 0.440. The van der Waals surface area contributed by atoms with E-state index in [-0.39, 0.29) is 4.77 Å². The normalized spacial score (nSPS) is 10.8. The van der Waals surface area contributed by atoms with Crippen molar-refractivity contribution in [3.05, 3.63) is 0 Å². The highest BCUT2D eigenvalue weighted by Gasteiger charge is 2.20. The second kappa shape index (κ2) is 13.8. The van der Waals surface area contributed by atoms with Gasteiger partial charge in [0.15, 0.2) is 4.77 Å². The van der Waals surface area contributed by atoms with Gasteiger partial charge in [0, 0.05) is 32.8 Å². The SMILES string of the molecule is CCCCOC(SC(=S)N(CC)CC)SC(=S)N(CC)CC. The van der Waals surface area contributed by atoms with Crippen molar-refractivity contribution >= 4 is 56.6 Å². The Morgan fingerprint density at radius 3 is 1.59 bits per heavy atom. The maximum atomic E-state index is 6.00. The van der Waals surface area contributed by atoms with Gasteiger partial charge in [-0.15, -0.1) is 0 Å². The summed E-state index contributed by atoms with van der Waals surface area (Å²) in [6, 6.07) is 0. The summed E-state index contributed by atoms with van der Waals surface area (Å²) in [7, 11) is 0. The minimum Gasteiger partial charge on any atom is -0.358 e. The topological polar surface area (TPSA) is 15.7 Å². The van der Waals surface area contributed by atoms with Crippen LogP contribution < -0.4 is 0 Å². The molecule has 0 bridgehead atoms. The summed E-state index contributed by atoms with van der Waals surface area (Å²) < 4.78 is 7.72. The van der Waals surface area contributed by atoms with Gasteiger partial charge in [0.25, 0.3) is 0 Å². The Balaban J connectivity index is 4.67. The van der Waals surface area contributed by atoms with Crippen molar-refractivity contribution < 1.29 is 4.74 Å². The van der Waals surface area contributed by atoms with Crippen LogP contribution in [0.1, 0.15) is 47.5 Å². The predicted molar refractivity (Wildman–Crippen MR) is 111 cm³/mol. The molecule has 130 valence electrons. The first-order valence-corrected chi connectivity index (χ1v) is 10.6. The third-order valence-corrected chi connectivity index (χ3v) is 6.44. The van der Waals surface area contributed by atoms with Gasteiger partial charge in [-0.3, -0.25) is 0 Å². The smallest absolute Gasteiger partial charge is 0.162 e. The Morgan fingerprint density at radius 1 is 0.864 bits per heavy atom. The maximum Gasteiger partial charge on any atom is 0.162 e. The van der Waals surface area contributed by atoms with Gasteiger partial charge in [-0.25, -0.2) is 0 Å². The summed E-state index contributed by atoms with van der Waals surface area (Å²) in [5.41, 5.74) is 0. The zero-order valence-electron chi connectivity index (χ0n) is 14.5. The number of hydrogen-bond donors (Lipinski definition) is 0. The summed E-state index contributed by atoms with van der Waals surface area (Å²) in [5, 5.41) is 0. The van der Waals surface area contributed by atoms with E-state index in [2.05, 4.69) is 44.4 Å². The van der Waals surface area contributed by atoms with Crippen molar-refractivity contribution in [1.29, 1.82) is 0 Å². The molecule has 0 saturated carbocycles. The van der Waals surface area contributed by atoms with Crippen molar-refractivity contribution in [3.63, 3.8) is 0 Å². The van der Waals surface area contributed by atoms with Crippen LogP contribution in [0.3, 0.4) is 0 Å². The van der Waals surface area contributed by atoms with Crippen molar-refractivity contribution in [1.82, 2.24) is 9.80 Å². The molecule has 0 rings (SSSR count). The molecule has 0 aliphatic heterocycles. The fourth-order valence-electron chi connectivity index (χ4n) is 1.69. The number of thiocarbonyl (C=S) groups is 2. The van der Waals surface area contributed by atoms with Gasteiger partial charge in [0.1, 0.15) is 8.64 Å². The second-order valence-corrected chi connectivity index (χ2v) is 8.31. The zero-order chi connectivity index (χ0) is 17.0. The van der Waals surface area contributed by atoms with Crippen LogP contribution in [0.4, 0.5) is 0 Å². The third kappa shape index (κ3) is 8.91. The van der Waals surface area contributed by atoms with Crippen LogP contribution in [0.25, 0.3) is 0 Å². The average molecular weight is 383 g/mol. The molecule has 0 aromatic rings. The molecule has 0 radical (unpaired) electrons. The lowest BCUT2D eigenvalue weighted by atomic mass is 10.4. The van der Waals surface area contributed by atoms with E-state index < -0.39 is 0 Å². The van der Waals surface area contributed by atoms with E-state index in [0.29, 0.717) is 0 Å². The Bertz CT molecular complexity index is 295. The molecule has 0 aromatic heterocycles. The van der Waals surface area contributed by atoms with Gasteiger partial charge in [-0.1, -0.05) is 61.3 Å². The van der Waals surface area contributed by atoms with Gasteiger partial charge in [0.05, 0.1) is 0 Å². The van der Waals surface area contributed by atoms with Crippen LogP contribution in [0.2, 0.25) is 0 Å². The van der Waals surface area contributed by atoms with Gasteiger partial charge in [-0.2, -0.15) is 0 Å². The van der Waals surface area contributed by atoms with Crippen molar-refractivity contribution in [2.24, 2.45) is 0 Å². The van der Waals surface area contributed by atoms with E-state index in [1.807, 2.05) is 0 Å². The van der Waals surface area contributed by atoms with E-state index in [1.165, 1.54) is 0 Å². The number of nitrogens with zero attached hydrogens (tertiary/aromatic N) is 2. The van der Waals surface area contributed by atoms with E-state index in [4.69, 9.17) is 29.2 Å². The molecule has 0 heterocycles. The summed E-state index contributed by atoms with van der Waals surface area (Å²) in [5.74, 6) is 0. The first-order valence-electron chi connectivity index (χ1n) is 8.06. The van der Waals surface area contributed by atoms with Gasteiger partial charge in [0.2, 0.25) is 0 Å². The molecule has 0 aliphatic carbocycles. The molecule has 7 heteroatoms. The first kappa shape index (κ1) is 22.4. The molecular formula is C15H30N2OS4. The molecule has 0 unspecified atom stereocenters. The van der Waals surface area contributed by atoms with Crippen LogP contribution in [0.5, 0.6) is 0 Å². The lowest BCUT2D eigenvalue weighted by Gasteiger charge is -2.27. The molecule has 0 N–H and O–H groups in total. The summed E-state index contributed by atoms with van der Waals surface area (Å²) >= 11 is 14.3. The monoisotopic (exact) mass is 382 g/mol. The third-order valence-electron chi connectivity index (χ3n) is 3.19. The number of rotatable bonds is 10. The number of hydrogen-bond acceptors (Lipinski definition) is 5. The van der Waals surface area contributed by atoms with Crippen molar-refractivity contribution in [2.75, 3.05) is 32.8 Å². The van der Waals surface area contributed by atoms with E-state index in [9.17, 15) is 0 Å². The highest BCUT2D eigenvalue weighted by atomic mass is 32.2. The Kier molecular flexibility index (Phi) is 14.1. The average Bonchev–Trinajstić information content (AvgIpc) is 2.49. The molecule has 0 atom stereocenters. The molecule has 0 fully saturated rings. The van der Waals surface area contributed by atoms with Crippen molar-refractivity contribution in [2.45, 2.75) is 52.2 Å². The quantitative estimate of drug-likeness (QED) is 0.302. The van der Waals surface area contributed by atoms with Crippen molar-refractivity contribution in [3.8, 4) is 0 Å². The number of thioether (sulfide) groups is 2. The van der Waals surface area contributed by atoms with Gasteiger partial charge < -0.3 is 14.5 Å². The largest absolute Gasteiger partial charge is 0.358 e. The molecule has 0 aromatic carbocycles. The summed E-state index contributed by atoms with van der Waals surface area (Å²) in [6.45, 7) is 15.1. The van der Waals surface area contributed by atoms with E-state index in [1.54, 1.807) is 23.5 Å².